The highest BCUT2D eigenvalue weighted by Crippen LogP contribution is 2.21. The molecule has 2 aromatic rings. The fraction of sp³-hybridized carbons (Fsp3) is 0.536. The Morgan fingerprint density at radius 1 is 1.24 bits per heavy atom. The van der Waals surface area contributed by atoms with Gasteiger partial charge >= 0.3 is 0 Å². The summed E-state index contributed by atoms with van der Waals surface area (Å²) in [6, 6.07) is 10.7. The summed E-state index contributed by atoms with van der Waals surface area (Å²) in [5.41, 5.74) is 1.05. The smallest absolute Gasteiger partial charge is 0.251 e. The minimum absolute atomic E-state index is 0. The van der Waals surface area contributed by atoms with E-state index in [1.807, 2.05) is 51.1 Å². The quantitative estimate of drug-likeness (QED) is 0.270. The van der Waals surface area contributed by atoms with Crippen LogP contribution in [0.2, 0.25) is 0 Å². The van der Waals surface area contributed by atoms with E-state index in [1.54, 1.807) is 11.0 Å². The molecule has 1 aliphatic heterocycles. The topological polar surface area (TPSA) is 144 Å². The molecule has 0 unspecified atom stereocenters. The first-order chi connectivity index (χ1) is 18.9. The van der Waals surface area contributed by atoms with Gasteiger partial charge in [-0.25, -0.2) is 13.4 Å². The number of aromatic nitrogens is 1. The van der Waals surface area contributed by atoms with Gasteiger partial charge in [-0.15, -0.1) is 12.4 Å². The van der Waals surface area contributed by atoms with E-state index in [0.29, 0.717) is 25.5 Å². The molecule has 2 heterocycles. The number of carbonyl (C=O) groups excluding carboxylic acids is 2. The molecular weight excluding hydrogens is 568 g/mol. The first-order valence-electron chi connectivity index (χ1n) is 13.7. The van der Waals surface area contributed by atoms with Crippen molar-refractivity contribution in [2.75, 3.05) is 42.6 Å². The highest BCUT2D eigenvalue weighted by atomic mass is 35.5. The van der Waals surface area contributed by atoms with E-state index in [4.69, 9.17) is 0 Å². The van der Waals surface area contributed by atoms with Gasteiger partial charge in [-0.3, -0.25) is 13.9 Å². The van der Waals surface area contributed by atoms with Crippen LogP contribution in [-0.4, -0.2) is 92.4 Å². The average molecular weight is 611 g/mol. The maximum atomic E-state index is 13.7. The SMILES string of the molecule is CCCN1CCN[C@@H]([C@@H](O)[C@H](Cc2ccccc2)NC(=O)c2cc(N[C@@H](C)CC)nc(N(C)S(C)(=O)=O)c2)C1=O.Cl. The molecule has 1 aromatic carbocycles. The lowest BCUT2D eigenvalue weighted by Gasteiger charge is -2.38. The van der Waals surface area contributed by atoms with E-state index < -0.39 is 34.1 Å². The van der Waals surface area contributed by atoms with E-state index in [1.165, 1.54) is 13.1 Å². The van der Waals surface area contributed by atoms with Crippen molar-refractivity contribution in [1.29, 1.82) is 0 Å². The largest absolute Gasteiger partial charge is 0.389 e. The monoisotopic (exact) mass is 610 g/mol. The predicted octanol–water partition coefficient (Wildman–Crippen LogP) is 2.02. The third-order valence-corrected chi connectivity index (χ3v) is 8.27. The Balaban J connectivity index is 0.00000588. The normalized spacial score (nSPS) is 17.7. The second kappa shape index (κ2) is 15.3. The predicted molar refractivity (Wildman–Crippen MR) is 164 cm³/mol. The Morgan fingerprint density at radius 2 is 1.93 bits per heavy atom. The van der Waals surface area contributed by atoms with Crippen LogP contribution in [-0.2, 0) is 21.2 Å². The Hall–Kier alpha value is -2.93. The van der Waals surface area contributed by atoms with Gasteiger partial charge in [-0.2, -0.15) is 0 Å². The summed E-state index contributed by atoms with van der Waals surface area (Å²) < 4.78 is 25.5. The van der Waals surface area contributed by atoms with Gasteiger partial charge in [0.25, 0.3) is 5.91 Å². The average Bonchev–Trinajstić information content (AvgIpc) is 2.93. The molecule has 0 radical (unpaired) electrons. The van der Waals surface area contributed by atoms with E-state index in [-0.39, 0.29) is 42.2 Å². The van der Waals surface area contributed by atoms with Gasteiger partial charge in [0, 0.05) is 38.3 Å². The van der Waals surface area contributed by atoms with Gasteiger partial charge < -0.3 is 26.0 Å². The summed E-state index contributed by atoms with van der Waals surface area (Å²) >= 11 is 0. The Labute approximate surface area is 249 Å². The number of pyridine rings is 1. The number of sulfonamides is 1. The number of hydrogen-bond donors (Lipinski definition) is 4. The molecular formula is C28H43ClN6O5S. The van der Waals surface area contributed by atoms with Crippen molar-refractivity contribution in [3.8, 4) is 0 Å². The van der Waals surface area contributed by atoms with Crippen LogP contribution in [0.1, 0.15) is 49.5 Å². The van der Waals surface area contributed by atoms with E-state index >= 15 is 0 Å². The summed E-state index contributed by atoms with van der Waals surface area (Å²) in [5.74, 6) is -0.284. The van der Waals surface area contributed by atoms with Crippen LogP contribution >= 0.6 is 12.4 Å². The molecule has 1 aliphatic rings. The number of piperazine rings is 1. The number of aliphatic hydroxyl groups excluding tert-OH is 1. The number of rotatable bonds is 13. The van der Waals surface area contributed by atoms with Crippen molar-refractivity contribution in [1.82, 2.24) is 20.5 Å². The number of amides is 2. The summed E-state index contributed by atoms with van der Waals surface area (Å²) in [6.07, 6.45) is 1.72. The highest BCUT2D eigenvalue weighted by molar-refractivity contribution is 7.92. The summed E-state index contributed by atoms with van der Waals surface area (Å²) in [4.78, 5) is 33.0. The fourth-order valence-corrected chi connectivity index (χ4v) is 4.96. The van der Waals surface area contributed by atoms with Crippen LogP contribution in [0.3, 0.4) is 0 Å². The lowest BCUT2D eigenvalue weighted by Crippen LogP contribution is -2.64. The molecule has 4 N–H and O–H groups in total. The van der Waals surface area contributed by atoms with Gasteiger partial charge in [0.15, 0.2) is 0 Å². The number of anilines is 2. The number of benzene rings is 1. The number of aliphatic hydroxyl groups is 1. The standard InChI is InChI=1S/C28H42N6O5S.ClH/c1-6-14-34-15-13-29-25(28(34)37)26(35)22(16-20-11-9-8-10-12-20)31-27(36)21-17-23(30-19(3)7-2)32-24(18-21)33(4)40(5,38)39;/h8-12,17-19,22,25-26,29,35H,6-7,13-16H2,1-5H3,(H,30,32)(H,31,36);1H/t19-,22-,25-,26-;/m0./s1. The lowest BCUT2D eigenvalue weighted by atomic mass is 9.94. The Morgan fingerprint density at radius 3 is 2.54 bits per heavy atom. The zero-order valence-corrected chi connectivity index (χ0v) is 26.0. The second-order valence-corrected chi connectivity index (χ2v) is 12.3. The van der Waals surface area contributed by atoms with Gasteiger partial charge in [-0.1, -0.05) is 44.2 Å². The van der Waals surface area contributed by atoms with Crippen molar-refractivity contribution < 1.29 is 23.1 Å². The maximum absolute atomic E-state index is 13.7. The molecule has 0 saturated carbocycles. The number of nitrogens with zero attached hydrogens (tertiary/aromatic N) is 3. The molecule has 41 heavy (non-hydrogen) atoms. The molecule has 1 saturated heterocycles. The Kier molecular flexibility index (Phi) is 12.8. The lowest BCUT2D eigenvalue weighted by molar-refractivity contribution is -0.139. The molecule has 4 atom stereocenters. The zero-order chi connectivity index (χ0) is 29.4. The van der Waals surface area contributed by atoms with E-state index in [9.17, 15) is 23.1 Å². The van der Waals surface area contributed by atoms with Crippen LogP contribution in [0.25, 0.3) is 0 Å². The van der Waals surface area contributed by atoms with Crippen LogP contribution < -0.4 is 20.3 Å². The third kappa shape index (κ3) is 9.29. The first kappa shape index (κ1) is 34.3. The summed E-state index contributed by atoms with van der Waals surface area (Å²) in [7, 11) is -2.26. The van der Waals surface area contributed by atoms with Gasteiger partial charge in [0.05, 0.1) is 18.4 Å². The molecule has 0 aliphatic carbocycles. The molecule has 3 rings (SSSR count). The maximum Gasteiger partial charge on any atom is 0.251 e. The number of carbonyl (C=O) groups is 2. The number of hydrogen-bond acceptors (Lipinski definition) is 8. The summed E-state index contributed by atoms with van der Waals surface area (Å²) in [6.45, 7) is 7.64. The van der Waals surface area contributed by atoms with Crippen molar-refractivity contribution in [3.63, 3.8) is 0 Å². The van der Waals surface area contributed by atoms with Gasteiger partial charge in [0.1, 0.15) is 17.7 Å². The fourth-order valence-electron chi connectivity index (χ4n) is 4.52. The van der Waals surface area contributed by atoms with Crippen molar-refractivity contribution in [3.05, 3.63) is 53.6 Å². The third-order valence-electron chi connectivity index (χ3n) is 7.09. The Bertz CT molecular complexity index is 1260. The van der Waals surface area contributed by atoms with Crippen molar-refractivity contribution in [2.24, 2.45) is 0 Å². The molecule has 0 bridgehead atoms. The van der Waals surface area contributed by atoms with E-state index in [2.05, 4.69) is 20.9 Å². The van der Waals surface area contributed by atoms with Crippen molar-refractivity contribution >= 4 is 45.9 Å². The molecule has 13 heteroatoms. The molecule has 1 fully saturated rings. The summed E-state index contributed by atoms with van der Waals surface area (Å²) in [5, 5.41) is 20.7. The van der Waals surface area contributed by atoms with E-state index in [0.717, 1.165) is 29.0 Å². The van der Waals surface area contributed by atoms with Crippen LogP contribution in [0.4, 0.5) is 11.6 Å². The molecule has 2 amide bonds. The number of halogens is 1. The first-order valence-corrected chi connectivity index (χ1v) is 15.6. The van der Waals surface area contributed by atoms with Gasteiger partial charge in [-0.05, 0) is 43.9 Å². The van der Waals surface area contributed by atoms with Crippen LogP contribution in [0.5, 0.6) is 0 Å². The molecule has 1 aromatic heterocycles. The second-order valence-electron chi connectivity index (χ2n) is 10.3. The highest BCUT2D eigenvalue weighted by Gasteiger charge is 2.38. The minimum atomic E-state index is -3.64. The molecule has 0 spiro atoms. The van der Waals surface area contributed by atoms with Crippen LogP contribution in [0.15, 0.2) is 42.5 Å². The molecule has 11 nitrogen and oxygen atoms in total. The minimum Gasteiger partial charge on any atom is -0.389 e. The van der Waals surface area contributed by atoms with Gasteiger partial charge in [0.2, 0.25) is 15.9 Å². The van der Waals surface area contributed by atoms with Crippen LogP contribution in [0, 0.1) is 0 Å². The molecule has 228 valence electrons. The zero-order valence-electron chi connectivity index (χ0n) is 24.3. The van der Waals surface area contributed by atoms with Crippen molar-refractivity contribution in [2.45, 2.75) is 64.3 Å². The number of nitrogens with one attached hydrogen (secondary N) is 3.